The molecule has 5 rings (SSSR count). The summed E-state index contributed by atoms with van der Waals surface area (Å²) in [5.41, 5.74) is 9.78. The molecule has 0 aliphatic carbocycles. The number of aryl methyl sites for hydroxylation is 2. The molecule has 0 unspecified atom stereocenters. The van der Waals surface area contributed by atoms with Crippen LogP contribution in [0.15, 0.2) is 95.4 Å². The Balaban J connectivity index is 1.18. The highest BCUT2D eigenvalue weighted by molar-refractivity contribution is 7.14. The van der Waals surface area contributed by atoms with Crippen LogP contribution in [0.5, 0.6) is 11.5 Å². The molecular weight excluding hydrogens is 568 g/mol. The third-order valence-corrected chi connectivity index (χ3v) is 7.39. The molecule has 0 bridgehead atoms. The van der Waals surface area contributed by atoms with Gasteiger partial charge in [-0.25, -0.2) is 10.4 Å². The van der Waals surface area contributed by atoms with Crippen molar-refractivity contribution in [1.29, 1.82) is 0 Å². The molecule has 1 aromatic heterocycles. The van der Waals surface area contributed by atoms with E-state index in [2.05, 4.69) is 46.0 Å². The van der Waals surface area contributed by atoms with Crippen LogP contribution in [0.25, 0.3) is 11.3 Å². The zero-order valence-electron chi connectivity index (χ0n) is 23.4. The Hall–Kier alpha value is -4.66. The summed E-state index contributed by atoms with van der Waals surface area (Å²) in [6.45, 7) is 4.44. The summed E-state index contributed by atoms with van der Waals surface area (Å²) in [4.78, 5) is 17.3. The first kappa shape index (κ1) is 28.9. The summed E-state index contributed by atoms with van der Waals surface area (Å²) >= 11 is 8.02. The zero-order valence-corrected chi connectivity index (χ0v) is 24.9. The van der Waals surface area contributed by atoms with Crippen LogP contribution in [-0.4, -0.2) is 24.2 Å². The number of benzene rings is 4. The fourth-order valence-corrected chi connectivity index (χ4v) is 5.17. The van der Waals surface area contributed by atoms with Crippen molar-refractivity contribution in [1.82, 2.24) is 10.4 Å². The van der Waals surface area contributed by atoms with Crippen molar-refractivity contribution in [2.45, 2.75) is 20.5 Å². The molecule has 0 saturated carbocycles. The summed E-state index contributed by atoms with van der Waals surface area (Å²) in [5, 5.41) is 10.6. The van der Waals surface area contributed by atoms with E-state index >= 15 is 0 Å². The molecule has 1 heterocycles. The van der Waals surface area contributed by atoms with Crippen molar-refractivity contribution in [3.8, 4) is 22.8 Å². The van der Waals surface area contributed by atoms with Gasteiger partial charge in [0.1, 0.15) is 6.61 Å². The summed E-state index contributed by atoms with van der Waals surface area (Å²) in [5.74, 6) is 0.576. The number of amides is 1. The van der Waals surface area contributed by atoms with Gasteiger partial charge in [-0.1, -0.05) is 71.3 Å². The summed E-state index contributed by atoms with van der Waals surface area (Å²) < 4.78 is 11.4. The number of rotatable bonds is 10. The number of hydrazone groups is 1. The van der Waals surface area contributed by atoms with Crippen molar-refractivity contribution in [3.63, 3.8) is 0 Å². The molecule has 42 heavy (non-hydrogen) atoms. The van der Waals surface area contributed by atoms with Gasteiger partial charge in [-0.2, -0.15) is 5.10 Å². The summed E-state index contributed by atoms with van der Waals surface area (Å²) in [6, 6.07) is 26.9. The van der Waals surface area contributed by atoms with Crippen molar-refractivity contribution in [2.24, 2.45) is 5.10 Å². The maximum Gasteiger partial charge on any atom is 0.271 e. The highest BCUT2D eigenvalue weighted by Crippen LogP contribution is 2.36. The molecule has 1 amide bonds. The smallest absolute Gasteiger partial charge is 0.271 e. The van der Waals surface area contributed by atoms with Gasteiger partial charge >= 0.3 is 0 Å². The fraction of sp³-hybridized carbons (Fsp3) is 0.121. The Morgan fingerprint density at radius 2 is 1.79 bits per heavy atom. The van der Waals surface area contributed by atoms with E-state index in [4.69, 9.17) is 21.1 Å². The maximum absolute atomic E-state index is 12.7. The second-order valence-electron chi connectivity index (χ2n) is 9.62. The standard InChI is InChI=1S/C33H29ClN4O3S/c1-21-7-13-27(14-8-21)36-33-37-29(20-42-33)25-9-11-26(12-10-25)32(39)38-35-18-24-16-28(34)31(30(17-24)40-3)41-19-23-6-4-5-22(2)15-23/h4-18,20H,19H2,1-3H3,(H,36,37)(H,38,39)/b35-18-. The van der Waals surface area contributed by atoms with Crippen molar-refractivity contribution in [2.75, 3.05) is 12.4 Å². The minimum Gasteiger partial charge on any atom is -0.493 e. The maximum atomic E-state index is 12.7. The molecule has 2 N–H and O–H groups in total. The predicted octanol–water partition coefficient (Wildman–Crippen LogP) is 8.18. The first-order valence-electron chi connectivity index (χ1n) is 13.2. The Morgan fingerprint density at radius 1 is 1.00 bits per heavy atom. The van der Waals surface area contributed by atoms with Crippen LogP contribution in [0, 0.1) is 13.8 Å². The lowest BCUT2D eigenvalue weighted by molar-refractivity contribution is 0.0955. The zero-order chi connectivity index (χ0) is 29.5. The third kappa shape index (κ3) is 7.34. The van der Waals surface area contributed by atoms with Crippen LogP contribution in [0.2, 0.25) is 5.02 Å². The Morgan fingerprint density at radius 3 is 2.52 bits per heavy atom. The number of methoxy groups -OCH3 is 1. The van der Waals surface area contributed by atoms with Gasteiger partial charge < -0.3 is 14.8 Å². The van der Waals surface area contributed by atoms with Crippen LogP contribution < -0.4 is 20.2 Å². The molecule has 0 saturated heterocycles. The third-order valence-electron chi connectivity index (χ3n) is 6.35. The van der Waals surface area contributed by atoms with Crippen LogP contribution in [0.4, 0.5) is 10.8 Å². The number of nitrogens with zero attached hydrogens (tertiary/aromatic N) is 2. The lowest BCUT2D eigenvalue weighted by Crippen LogP contribution is -2.17. The Bertz CT molecular complexity index is 1720. The second-order valence-corrected chi connectivity index (χ2v) is 10.9. The van der Waals surface area contributed by atoms with E-state index in [1.165, 1.54) is 23.1 Å². The van der Waals surface area contributed by atoms with E-state index in [0.29, 0.717) is 34.3 Å². The first-order chi connectivity index (χ1) is 20.4. The minimum absolute atomic E-state index is 0.339. The Kier molecular flexibility index (Phi) is 9.16. The molecule has 0 fully saturated rings. The monoisotopic (exact) mass is 596 g/mol. The van der Waals surface area contributed by atoms with Gasteiger partial charge in [-0.15, -0.1) is 11.3 Å². The molecule has 0 aliphatic rings. The normalized spacial score (nSPS) is 11.0. The number of anilines is 2. The molecule has 4 aromatic carbocycles. The molecular formula is C33H29ClN4O3S. The molecule has 0 atom stereocenters. The molecule has 5 aromatic rings. The lowest BCUT2D eigenvalue weighted by atomic mass is 10.1. The van der Waals surface area contributed by atoms with E-state index in [1.807, 2.05) is 54.8 Å². The van der Waals surface area contributed by atoms with E-state index in [1.54, 1.807) is 31.4 Å². The molecule has 0 spiro atoms. The number of hydrogen-bond donors (Lipinski definition) is 2. The lowest BCUT2D eigenvalue weighted by Gasteiger charge is -2.13. The highest BCUT2D eigenvalue weighted by atomic mass is 35.5. The van der Waals surface area contributed by atoms with E-state index in [0.717, 1.165) is 33.2 Å². The first-order valence-corrected chi connectivity index (χ1v) is 14.4. The highest BCUT2D eigenvalue weighted by Gasteiger charge is 2.13. The average molecular weight is 597 g/mol. The van der Waals surface area contributed by atoms with Crippen molar-refractivity contribution < 1.29 is 14.3 Å². The van der Waals surface area contributed by atoms with Gasteiger partial charge in [0.25, 0.3) is 5.91 Å². The number of ether oxygens (including phenoxy) is 2. The number of thiazole rings is 1. The fourth-order valence-electron chi connectivity index (χ4n) is 4.16. The Labute approximate surface area is 253 Å². The molecule has 212 valence electrons. The average Bonchev–Trinajstić information content (AvgIpc) is 3.46. The summed E-state index contributed by atoms with van der Waals surface area (Å²) in [6.07, 6.45) is 1.50. The molecule has 0 aliphatic heterocycles. The topological polar surface area (TPSA) is 84.8 Å². The predicted molar refractivity (Wildman–Crippen MR) is 171 cm³/mol. The van der Waals surface area contributed by atoms with Gasteiger partial charge in [0, 0.05) is 22.2 Å². The van der Waals surface area contributed by atoms with Crippen molar-refractivity contribution >= 4 is 45.9 Å². The number of hydrogen-bond acceptors (Lipinski definition) is 7. The number of nitrogens with one attached hydrogen (secondary N) is 2. The molecule has 9 heteroatoms. The minimum atomic E-state index is -0.339. The van der Waals surface area contributed by atoms with Crippen LogP contribution >= 0.6 is 22.9 Å². The van der Waals surface area contributed by atoms with Crippen LogP contribution in [0.1, 0.15) is 32.6 Å². The SMILES string of the molecule is COc1cc(/C=N\NC(=O)c2ccc(-c3csc(Nc4ccc(C)cc4)n3)cc2)cc(Cl)c1OCc1cccc(C)c1. The number of aromatic nitrogens is 1. The summed E-state index contributed by atoms with van der Waals surface area (Å²) in [7, 11) is 1.55. The molecule has 7 nitrogen and oxygen atoms in total. The number of halogens is 1. The van der Waals surface area contributed by atoms with Gasteiger partial charge in [-0.05, 0) is 61.4 Å². The molecule has 0 radical (unpaired) electrons. The van der Waals surface area contributed by atoms with Gasteiger partial charge in [0.05, 0.1) is 24.0 Å². The van der Waals surface area contributed by atoms with E-state index in [9.17, 15) is 4.79 Å². The largest absolute Gasteiger partial charge is 0.493 e. The van der Waals surface area contributed by atoms with Gasteiger partial charge in [0.15, 0.2) is 16.6 Å². The quantitative estimate of drug-likeness (QED) is 0.125. The second kappa shape index (κ2) is 13.3. The van der Waals surface area contributed by atoms with Crippen LogP contribution in [0.3, 0.4) is 0 Å². The van der Waals surface area contributed by atoms with Crippen molar-refractivity contribution in [3.05, 3.63) is 123 Å². The number of carbonyl (C=O) groups is 1. The van der Waals surface area contributed by atoms with E-state index in [-0.39, 0.29) is 5.91 Å². The van der Waals surface area contributed by atoms with Crippen LogP contribution in [-0.2, 0) is 6.61 Å². The van der Waals surface area contributed by atoms with E-state index < -0.39 is 0 Å². The van der Waals surface area contributed by atoms with Gasteiger partial charge in [0.2, 0.25) is 0 Å². The number of carbonyl (C=O) groups excluding carboxylic acids is 1. The van der Waals surface area contributed by atoms with Gasteiger partial charge in [-0.3, -0.25) is 4.79 Å².